The Morgan fingerprint density at radius 2 is 1.93 bits per heavy atom. The van der Waals surface area contributed by atoms with Gasteiger partial charge in [-0.05, 0) is 44.7 Å². The molecule has 0 aliphatic heterocycles. The lowest BCUT2D eigenvalue weighted by molar-refractivity contribution is 0.554. The molecule has 1 atom stereocenters. The first kappa shape index (κ1) is 11.2. The van der Waals surface area contributed by atoms with E-state index in [1.807, 2.05) is 0 Å². The molecule has 0 bridgehead atoms. The van der Waals surface area contributed by atoms with Crippen molar-refractivity contribution in [1.29, 1.82) is 0 Å². The first-order valence-corrected chi connectivity index (χ1v) is 6.29. The highest BCUT2D eigenvalue weighted by Crippen LogP contribution is 2.53. The van der Waals surface area contributed by atoms with Crippen molar-refractivity contribution in [2.24, 2.45) is 5.73 Å². The Morgan fingerprint density at radius 3 is 2.40 bits per heavy atom. The second-order valence-corrected chi connectivity index (χ2v) is 5.68. The fourth-order valence-electron chi connectivity index (χ4n) is 2.42. The molecule has 15 heavy (non-hydrogen) atoms. The van der Waals surface area contributed by atoms with Gasteiger partial charge in [0.15, 0.2) is 0 Å². The van der Waals surface area contributed by atoms with E-state index in [-0.39, 0.29) is 11.5 Å². The summed E-state index contributed by atoms with van der Waals surface area (Å²) in [5.74, 6) is 0. The molecule has 82 valence electrons. The maximum Gasteiger partial charge on any atom is 0.0242 e. The van der Waals surface area contributed by atoms with Gasteiger partial charge in [-0.2, -0.15) is 0 Å². The minimum atomic E-state index is 0.245. The zero-order valence-electron chi connectivity index (χ0n) is 9.60. The first-order valence-electron chi connectivity index (χ1n) is 5.50. The summed E-state index contributed by atoms with van der Waals surface area (Å²) in [6, 6.07) is 4.74. The summed E-state index contributed by atoms with van der Waals surface area (Å²) in [6.07, 6.45) is 2.46. The van der Waals surface area contributed by atoms with Gasteiger partial charge in [-0.25, -0.2) is 0 Å². The minimum absolute atomic E-state index is 0.245. The fraction of sp³-hybridized carbons (Fsp3) is 0.538. The van der Waals surface area contributed by atoms with Crippen molar-refractivity contribution in [2.45, 2.75) is 45.1 Å². The van der Waals surface area contributed by atoms with E-state index >= 15 is 0 Å². The van der Waals surface area contributed by atoms with Crippen LogP contribution in [0.1, 0.15) is 36.5 Å². The van der Waals surface area contributed by atoms with E-state index < -0.39 is 0 Å². The van der Waals surface area contributed by atoms with Crippen LogP contribution in [0.2, 0.25) is 0 Å². The van der Waals surface area contributed by atoms with Crippen LogP contribution in [0.25, 0.3) is 0 Å². The minimum Gasteiger partial charge on any atom is -0.327 e. The van der Waals surface area contributed by atoms with Gasteiger partial charge in [0.1, 0.15) is 0 Å². The van der Waals surface area contributed by atoms with Gasteiger partial charge in [0.2, 0.25) is 0 Å². The quantitative estimate of drug-likeness (QED) is 0.873. The van der Waals surface area contributed by atoms with Crippen LogP contribution in [0.4, 0.5) is 0 Å². The molecule has 0 aromatic heterocycles. The Morgan fingerprint density at radius 1 is 1.33 bits per heavy atom. The van der Waals surface area contributed by atoms with Gasteiger partial charge in [-0.1, -0.05) is 33.6 Å². The highest BCUT2D eigenvalue weighted by atomic mass is 79.9. The maximum absolute atomic E-state index is 6.11. The fourth-order valence-corrected chi connectivity index (χ4v) is 3.04. The summed E-state index contributed by atoms with van der Waals surface area (Å²) < 4.78 is 1.25. The average Bonchev–Trinajstić information content (AvgIpc) is 2.91. The van der Waals surface area contributed by atoms with Crippen LogP contribution in [0.15, 0.2) is 16.6 Å². The Kier molecular flexibility index (Phi) is 2.68. The second kappa shape index (κ2) is 3.60. The zero-order chi connectivity index (χ0) is 11.2. The monoisotopic (exact) mass is 267 g/mol. The van der Waals surface area contributed by atoms with Gasteiger partial charge < -0.3 is 5.73 Å². The van der Waals surface area contributed by atoms with Crippen LogP contribution in [0, 0.1) is 13.8 Å². The summed E-state index contributed by atoms with van der Waals surface area (Å²) in [7, 11) is 0. The standard InChI is InChI=1S/C13H18BrN/c1-8-6-9(2)12(14)11(7-8)13(4-5-13)10(3)15/h6-7,10H,4-5,15H2,1-3H3. The normalized spacial score (nSPS) is 20.1. The molecule has 0 spiro atoms. The average molecular weight is 268 g/mol. The molecule has 2 N–H and O–H groups in total. The number of aryl methyl sites for hydroxylation is 2. The third-order valence-electron chi connectivity index (χ3n) is 3.60. The van der Waals surface area contributed by atoms with Crippen LogP contribution in [0.5, 0.6) is 0 Å². The van der Waals surface area contributed by atoms with Crippen molar-refractivity contribution >= 4 is 15.9 Å². The highest BCUT2D eigenvalue weighted by Gasteiger charge is 2.48. The molecule has 1 saturated carbocycles. The molecule has 0 heterocycles. The van der Waals surface area contributed by atoms with Gasteiger partial charge in [-0.3, -0.25) is 0 Å². The van der Waals surface area contributed by atoms with Crippen LogP contribution in [-0.2, 0) is 5.41 Å². The number of hydrogen-bond acceptors (Lipinski definition) is 1. The summed E-state index contributed by atoms with van der Waals surface area (Å²) in [4.78, 5) is 0. The molecular formula is C13H18BrN. The molecule has 1 aliphatic rings. The molecule has 1 fully saturated rings. The van der Waals surface area contributed by atoms with Crippen molar-refractivity contribution in [3.63, 3.8) is 0 Å². The topological polar surface area (TPSA) is 26.0 Å². The van der Waals surface area contributed by atoms with Gasteiger partial charge >= 0.3 is 0 Å². The molecule has 1 aliphatic carbocycles. The van der Waals surface area contributed by atoms with Gasteiger partial charge in [0.05, 0.1) is 0 Å². The van der Waals surface area contributed by atoms with Gasteiger partial charge in [0, 0.05) is 15.9 Å². The molecule has 0 radical (unpaired) electrons. The SMILES string of the molecule is Cc1cc(C)c(Br)c(C2(C(C)N)CC2)c1. The summed E-state index contributed by atoms with van der Waals surface area (Å²) >= 11 is 3.70. The van der Waals surface area contributed by atoms with E-state index in [4.69, 9.17) is 5.73 Å². The third-order valence-corrected chi connectivity index (χ3v) is 4.65. The number of nitrogens with two attached hydrogens (primary N) is 1. The van der Waals surface area contributed by atoms with Crippen LogP contribution < -0.4 is 5.73 Å². The lowest BCUT2D eigenvalue weighted by atomic mass is 9.87. The lowest BCUT2D eigenvalue weighted by Gasteiger charge is -2.23. The number of hydrogen-bond donors (Lipinski definition) is 1. The molecule has 1 aromatic rings. The predicted octanol–water partition coefficient (Wildman–Crippen LogP) is 3.44. The van der Waals surface area contributed by atoms with Crippen LogP contribution in [-0.4, -0.2) is 6.04 Å². The molecule has 1 unspecified atom stereocenters. The van der Waals surface area contributed by atoms with E-state index in [2.05, 4.69) is 48.8 Å². The zero-order valence-corrected chi connectivity index (χ0v) is 11.2. The largest absolute Gasteiger partial charge is 0.327 e. The highest BCUT2D eigenvalue weighted by molar-refractivity contribution is 9.10. The van der Waals surface area contributed by atoms with E-state index in [1.165, 1.54) is 34.0 Å². The Hall–Kier alpha value is -0.340. The van der Waals surface area contributed by atoms with Crippen molar-refractivity contribution in [2.75, 3.05) is 0 Å². The number of rotatable bonds is 2. The van der Waals surface area contributed by atoms with Crippen molar-refractivity contribution < 1.29 is 0 Å². The van der Waals surface area contributed by atoms with Crippen molar-refractivity contribution in [1.82, 2.24) is 0 Å². The second-order valence-electron chi connectivity index (χ2n) is 4.89. The molecule has 2 rings (SSSR count). The Labute approximate surface area is 100 Å². The van der Waals surface area contributed by atoms with Crippen molar-refractivity contribution in [3.05, 3.63) is 33.3 Å². The summed E-state index contributed by atoms with van der Waals surface area (Å²) in [5.41, 5.74) is 10.4. The van der Waals surface area contributed by atoms with E-state index in [0.29, 0.717) is 0 Å². The Bertz CT molecular complexity index is 392. The van der Waals surface area contributed by atoms with Gasteiger partial charge in [-0.15, -0.1) is 0 Å². The lowest BCUT2D eigenvalue weighted by Crippen LogP contribution is -2.32. The van der Waals surface area contributed by atoms with E-state index in [1.54, 1.807) is 0 Å². The smallest absolute Gasteiger partial charge is 0.0242 e. The summed E-state index contributed by atoms with van der Waals surface area (Å²) in [6.45, 7) is 6.43. The van der Waals surface area contributed by atoms with Crippen LogP contribution >= 0.6 is 15.9 Å². The molecule has 0 amide bonds. The molecule has 2 heteroatoms. The van der Waals surface area contributed by atoms with Gasteiger partial charge in [0.25, 0.3) is 0 Å². The molecule has 1 nitrogen and oxygen atoms in total. The van der Waals surface area contributed by atoms with E-state index in [0.717, 1.165) is 0 Å². The number of halogens is 1. The molecule has 0 saturated heterocycles. The molecule has 1 aromatic carbocycles. The summed E-state index contributed by atoms with van der Waals surface area (Å²) in [5, 5.41) is 0. The van der Waals surface area contributed by atoms with Crippen molar-refractivity contribution in [3.8, 4) is 0 Å². The van der Waals surface area contributed by atoms with Crippen LogP contribution in [0.3, 0.4) is 0 Å². The van der Waals surface area contributed by atoms with E-state index in [9.17, 15) is 0 Å². The first-order chi connectivity index (χ1) is 6.97. The predicted molar refractivity (Wildman–Crippen MR) is 68.2 cm³/mol. The third kappa shape index (κ3) is 1.74. The molecular weight excluding hydrogens is 250 g/mol. The maximum atomic E-state index is 6.11. The number of benzene rings is 1. The Balaban J connectivity index is 2.53.